The smallest absolute Gasteiger partial charge is 0.236 e. The predicted molar refractivity (Wildman–Crippen MR) is 94.3 cm³/mol. The van der Waals surface area contributed by atoms with Gasteiger partial charge >= 0.3 is 0 Å². The average molecular weight is 374 g/mol. The number of hydrogen-bond acceptors (Lipinski definition) is 6. The molecule has 7 nitrogen and oxygen atoms in total. The molecule has 1 amide bonds. The highest BCUT2D eigenvalue weighted by atomic mass is 19.1. The fourth-order valence-electron chi connectivity index (χ4n) is 3.82. The molecule has 2 atom stereocenters. The number of aromatic nitrogens is 2. The Balaban J connectivity index is 1.29. The summed E-state index contributed by atoms with van der Waals surface area (Å²) in [4.78, 5) is 20.8. The molecule has 0 spiro atoms. The predicted octanol–water partition coefficient (Wildman–Crippen LogP) is 1.56. The van der Waals surface area contributed by atoms with Gasteiger partial charge in [0.1, 0.15) is 12.2 Å². The van der Waals surface area contributed by atoms with E-state index in [1.807, 2.05) is 11.0 Å². The summed E-state index contributed by atoms with van der Waals surface area (Å²) < 4.78 is 24.7. The molecular weight excluding hydrogens is 351 g/mol. The second-order valence-corrected chi connectivity index (χ2v) is 7.16. The van der Waals surface area contributed by atoms with Crippen molar-refractivity contribution in [2.75, 3.05) is 26.2 Å². The van der Waals surface area contributed by atoms with Crippen LogP contribution in [0.2, 0.25) is 0 Å². The lowest BCUT2D eigenvalue weighted by Gasteiger charge is -2.37. The summed E-state index contributed by atoms with van der Waals surface area (Å²) in [6.45, 7) is 5.00. The maximum absolute atomic E-state index is 13.7. The van der Waals surface area contributed by atoms with Crippen LogP contribution >= 0.6 is 0 Å². The molecular formula is C19H23FN4O3. The third kappa shape index (κ3) is 4.17. The lowest BCUT2D eigenvalue weighted by atomic mass is 10.1. The van der Waals surface area contributed by atoms with Crippen molar-refractivity contribution in [2.24, 2.45) is 0 Å². The summed E-state index contributed by atoms with van der Waals surface area (Å²) >= 11 is 0. The van der Waals surface area contributed by atoms with Gasteiger partial charge in [0.25, 0.3) is 0 Å². The number of fused-ring (bicyclic) bond motifs is 1. The van der Waals surface area contributed by atoms with E-state index >= 15 is 0 Å². The van der Waals surface area contributed by atoms with Gasteiger partial charge in [0.2, 0.25) is 11.8 Å². The lowest BCUT2D eigenvalue weighted by Crippen LogP contribution is -2.52. The van der Waals surface area contributed by atoms with Crippen LogP contribution in [0.15, 0.2) is 28.8 Å². The first kappa shape index (κ1) is 18.1. The standard InChI is InChI=1S/C19H23FN4O3/c1-13-21-18(27-22-13)9-19(25)24-7-6-23-11-16(8-15(23)10-24)26-12-14-4-2-3-5-17(14)20/h2-5,15-16H,6-12H2,1H3/t15-,16+/m1/s1. The molecule has 0 unspecified atom stereocenters. The Bertz CT molecular complexity index is 812. The van der Waals surface area contributed by atoms with E-state index in [2.05, 4.69) is 15.0 Å². The molecule has 2 aromatic rings. The topological polar surface area (TPSA) is 71.7 Å². The van der Waals surface area contributed by atoms with Gasteiger partial charge in [-0.05, 0) is 19.4 Å². The van der Waals surface area contributed by atoms with E-state index in [1.54, 1.807) is 19.1 Å². The zero-order valence-electron chi connectivity index (χ0n) is 15.3. The van der Waals surface area contributed by atoms with Gasteiger partial charge in [0, 0.05) is 37.8 Å². The molecule has 2 fully saturated rings. The molecule has 1 aromatic carbocycles. The Hall–Kier alpha value is -2.32. The summed E-state index contributed by atoms with van der Waals surface area (Å²) in [5.41, 5.74) is 0.578. The maximum atomic E-state index is 13.7. The van der Waals surface area contributed by atoms with Crippen molar-refractivity contribution < 1.29 is 18.4 Å². The van der Waals surface area contributed by atoms with Gasteiger partial charge in [-0.15, -0.1) is 0 Å². The van der Waals surface area contributed by atoms with Crippen LogP contribution in [0.3, 0.4) is 0 Å². The quantitative estimate of drug-likeness (QED) is 0.791. The van der Waals surface area contributed by atoms with Crippen molar-refractivity contribution in [2.45, 2.75) is 38.5 Å². The fourth-order valence-corrected chi connectivity index (χ4v) is 3.82. The molecule has 27 heavy (non-hydrogen) atoms. The van der Waals surface area contributed by atoms with Crippen LogP contribution in [-0.4, -0.2) is 64.2 Å². The molecule has 0 radical (unpaired) electrons. The van der Waals surface area contributed by atoms with E-state index in [9.17, 15) is 9.18 Å². The van der Waals surface area contributed by atoms with E-state index in [4.69, 9.17) is 9.26 Å². The van der Waals surface area contributed by atoms with Crippen molar-refractivity contribution in [3.05, 3.63) is 47.4 Å². The zero-order valence-corrected chi connectivity index (χ0v) is 15.3. The van der Waals surface area contributed by atoms with Gasteiger partial charge < -0.3 is 14.2 Å². The van der Waals surface area contributed by atoms with E-state index in [1.165, 1.54) is 6.07 Å². The van der Waals surface area contributed by atoms with Crippen LogP contribution in [0, 0.1) is 12.7 Å². The Kier molecular flexibility index (Phi) is 5.18. The number of benzene rings is 1. The van der Waals surface area contributed by atoms with Crippen LogP contribution in [0.4, 0.5) is 4.39 Å². The molecule has 2 saturated heterocycles. The zero-order chi connectivity index (χ0) is 18.8. The van der Waals surface area contributed by atoms with Gasteiger partial charge in [-0.3, -0.25) is 9.69 Å². The highest BCUT2D eigenvalue weighted by Crippen LogP contribution is 2.25. The van der Waals surface area contributed by atoms with Crippen LogP contribution in [0.25, 0.3) is 0 Å². The van der Waals surface area contributed by atoms with Gasteiger partial charge in [-0.1, -0.05) is 23.4 Å². The third-order valence-electron chi connectivity index (χ3n) is 5.23. The van der Waals surface area contributed by atoms with E-state index in [0.717, 1.165) is 19.5 Å². The SMILES string of the molecule is Cc1noc(CC(=O)N2CCN3C[C@@H](OCc4ccccc4F)C[C@@H]3C2)n1. The number of carbonyl (C=O) groups excluding carboxylic acids is 1. The molecule has 1 aromatic heterocycles. The summed E-state index contributed by atoms with van der Waals surface area (Å²) in [6.07, 6.45) is 1.04. The number of hydrogen-bond donors (Lipinski definition) is 0. The Morgan fingerprint density at radius 1 is 1.33 bits per heavy atom. The highest BCUT2D eigenvalue weighted by molar-refractivity contribution is 5.78. The molecule has 2 aliphatic rings. The largest absolute Gasteiger partial charge is 0.372 e. The number of carbonyl (C=O) groups is 1. The second-order valence-electron chi connectivity index (χ2n) is 7.16. The molecule has 3 heterocycles. The summed E-state index contributed by atoms with van der Waals surface area (Å²) in [5.74, 6) is 0.668. The first-order valence-corrected chi connectivity index (χ1v) is 9.24. The maximum Gasteiger partial charge on any atom is 0.236 e. The summed E-state index contributed by atoms with van der Waals surface area (Å²) in [7, 11) is 0. The molecule has 0 N–H and O–H groups in total. The molecule has 0 aliphatic carbocycles. The van der Waals surface area contributed by atoms with E-state index < -0.39 is 0 Å². The van der Waals surface area contributed by atoms with Crippen molar-refractivity contribution in [1.29, 1.82) is 0 Å². The Labute approximate surface area is 157 Å². The van der Waals surface area contributed by atoms with Crippen LogP contribution < -0.4 is 0 Å². The minimum atomic E-state index is -0.235. The fraction of sp³-hybridized carbons (Fsp3) is 0.526. The minimum absolute atomic E-state index is 0.00836. The van der Waals surface area contributed by atoms with E-state index in [0.29, 0.717) is 30.4 Å². The van der Waals surface area contributed by atoms with Crippen molar-refractivity contribution >= 4 is 5.91 Å². The Morgan fingerprint density at radius 3 is 2.96 bits per heavy atom. The van der Waals surface area contributed by atoms with Crippen LogP contribution in [0.1, 0.15) is 23.7 Å². The van der Waals surface area contributed by atoms with Crippen molar-refractivity contribution in [3.8, 4) is 0 Å². The molecule has 144 valence electrons. The summed E-state index contributed by atoms with van der Waals surface area (Å²) in [5, 5.41) is 3.72. The van der Waals surface area contributed by atoms with Gasteiger partial charge in [-0.25, -0.2) is 4.39 Å². The first-order chi connectivity index (χ1) is 13.1. The molecule has 0 bridgehead atoms. The molecule has 2 aliphatic heterocycles. The minimum Gasteiger partial charge on any atom is -0.372 e. The van der Waals surface area contributed by atoms with E-state index in [-0.39, 0.29) is 36.9 Å². The summed E-state index contributed by atoms with van der Waals surface area (Å²) in [6, 6.07) is 6.96. The van der Waals surface area contributed by atoms with Gasteiger partial charge in [-0.2, -0.15) is 4.98 Å². The average Bonchev–Trinajstić information content (AvgIpc) is 3.25. The van der Waals surface area contributed by atoms with Crippen LogP contribution in [0.5, 0.6) is 0 Å². The highest BCUT2D eigenvalue weighted by Gasteiger charge is 2.38. The monoisotopic (exact) mass is 374 g/mol. The van der Waals surface area contributed by atoms with Crippen molar-refractivity contribution in [1.82, 2.24) is 19.9 Å². The molecule has 4 rings (SSSR count). The third-order valence-corrected chi connectivity index (χ3v) is 5.23. The number of piperazine rings is 1. The number of aryl methyl sites for hydroxylation is 1. The number of nitrogens with zero attached hydrogens (tertiary/aromatic N) is 4. The van der Waals surface area contributed by atoms with Gasteiger partial charge in [0.05, 0.1) is 12.7 Å². The second kappa shape index (κ2) is 7.74. The van der Waals surface area contributed by atoms with Crippen molar-refractivity contribution in [3.63, 3.8) is 0 Å². The van der Waals surface area contributed by atoms with Gasteiger partial charge in [0.15, 0.2) is 5.82 Å². The number of ether oxygens (including phenoxy) is 1. The molecule has 8 heteroatoms. The normalized spacial score (nSPS) is 22.8. The number of halogens is 1. The Morgan fingerprint density at radius 2 is 2.19 bits per heavy atom. The number of rotatable bonds is 5. The lowest BCUT2D eigenvalue weighted by molar-refractivity contribution is -0.133. The molecule has 0 saturated carbocycles. The van der Waals surface area contributed by atoms with Crippen LogP contribution in [-0.2, 0) is 22.6 Å². The first-order valence-electron chi connectivity index (χ1n) is 9.24. The number of amides is 1.